The van der Waals surface area contributed by atoms with Gasteiger partial charge in [-0.15, -0.1) is 11.3 Å². The van der Waals surface area contributed by atoms with Gasteiger partial charge in [-0.3, -0.25) is 4.98 Å². The van der Waals surface area contributed by atoms with E-state index in [1.165, 1.54) is 16.1 Å². The molecule has 0 spiro atoms. The summed E-state index contributed by atoms with van der Waals surface area (Å²) < 4.78 is 0. The molecule has 1 aromatic carbocycles. The molecule has 2 rings (SSSR count). The summed E-state index contributed by atoms with van der Waals surface area (Å²) in [6, 6.07) is 8.93. The Balaban J connectivity index is 2.11. The van der Waals surface area contributed by atoms with E-state index in [-0.39, 0.29) is 0 Å². The lowest BCUT2D eigenvalue weighted by Crippen LogP contribution is -2.05. The average molecular weight is 246 g/mol. The van der Waals surface area contributed by atoms with Gasteiger partial charge in [-0.2, -0.15) is 0 Å². The van der Waals surface area contributed by atoms with Gasteiger partial charge >= 0.3 is 0 Å². The Hall–Kier alpha value is -1.35. The highest BCUT2D eigenvalue weighted by molar-refractivity contribution is 7.09. The van der Waals surface area contributed by atoms with Crippen LogP contribution in [-0.2, 0) is 0 Å². The Morgan fingerprint density at radius 1 is 1.24 bits per heavy atom. The molecule has 2 nitrogen and oxygen atoms in total. The number of rotatable bonds is 4. The highest BCUT2D eigenvalue weighted by atomic mass is 32.1. The average Bonchev–Trinajstić information content (AvgIpc) is 2.82. The molecule has 0 bridgehead atoms. The summed E-state index contributed by atoms with van der Waals surface area (Å²) in [5, 5.41) is 3.51. The summed E-state index contributed by atoms with van der Waals surface area (Å²) in [5.41, 5.74) is 4.42. The van der Waals surface area contributed by atoms with Crippen LogP contribution in [0.1, 0.15) is 43.2 Å². The second-order valence-electron chi connectivity index (χ2n) is 4.55. The van der Waals surface area contributed by atoms with Crippen molar-refractivity contribution in [3.63, 3.8) is 0 Å². The van der Waals surface area contributed by atoms with Gasteiger partial charge in [-0.1, -0.05) is 26.0 Å². The van der Waals surface area contributed by atoms with Crippen LogP contribution in [0.2, 0.25) is 0 Å². The first-order valence-electron chi connectivity index (χ1n) is 5.91. The Morgan fingerprint density at radius 3 is 2.71 bits per heavy atom. The summed E-state index contributed by atoms with van der Waals surface area (Å²) >= 11 is 1.69. The van der Waals surface area contributed by atoms with Crippen molar-refractivity contribution in [3.05, 3.63) is 46.4 Å². The number of aromatic nitrogens is 1. The largest absolute Gasteiger partial charge is 0.378 e. The Morgan fingerprint density at radius 2 is 2.06 bits per heavy atom. The zero-order valence-electron chi connectivity index (χ0n) is 10.5. The van der Waals surface area contributed by atoms with E-state index in [0.717, 1.165) is 0 Å². The lowest BCUT2D eigenvalue weighted by molar-refractivity contribution is 0.861. The van der Waals surface area contributed by atoms with E-state index >= 15 is 0 Å². The Labute approximate surface area is 107 Å². The molecule has 17 heavy (non-hydrogen) atoms. The topological polar surface area (TPSA) is 24.9 Å². The predicted octanol–water partition coefficient (Wildman–Crippen LogP) is 4.44. The Kier molecular flexibility index (Phi) is 3.79. The molecular weight excluding hydrogens is 228 g/mol. The predicted molar refractivity (Wildman–Crippen MR) is 74.7 cm³/mol. The fourth-order valence-corrected chi connectivity index (χ4v) is 2.38. The van der Waals surface area contributed by atoms with Crippen molar-refractivity contribution in [1.29, 1.82) is 0 Å². The molecule has 1 N–H and O–H groups in total. The van der Waals surface area contributed by atoms with Crippen molar-refractivity contribution in [2.24, 2.45) is 0 Å². The standard InChI is InChI=1S/C14H18N2S/c1-10(2)12-5-4-6-13(7-12)16-11(3)14-8-15-9-17-14/h4-11,16H,1-3H3. The number of nitrogens with zero attached hydrogens (tertiary/aromatic N) is 1. The van der Waals surface area contributed by atoms with Gasteiger partial charge in [0.15, 0.2) is 0 Å². The summed E-state index contributed by atoms with van der Waals surface area (Å²) in [5.74, 6) is 0.565. The summed E-state index contributed by atoms with van der Waals surface area (Å²) in [7, 11) is 0. The molecule has 1 unspecified atom stereocenters. The van der Waals surface area contributed by atoms with Crippen LogP contribution in [0.15, 0.2) is 36.0 Å². The normalized spacial score (nSPS) is 12.7. The second kappa shape index (κ2) is 5.32. The van der Waals surface area contributed by atoms with Gasteiger partial charge in [0.25, 0.3) is 0 Å². The molecule has 90 valence electrons. The quantitative estimate of drug-likeness (QED) is 0.862. The van der Waals surface area contributed by atoms with Gasteiger partial charge in [0.1, 0.15) is 0 Å². The third kappa shape index (κ3) is 3.07. The molecule has 3 heteroatoms. The van der Waals surface area contributed by atoms with Gasteiger partial charge in [0, 0.05) is 16.8 Å². The van der Waals surface area contributed by atoms with E-state index in [9.17, 15) is 0 Å². The molecule has 0 fully saturated rings. The molecule has 0 aliphatic rings. The van der Waals surface area contributed by atoms with E-state index in [4.69, 9.17) is 0 Å². The number of hydrogen-bond donors (Lipinski definition) is 1. The molecule has 2 aromatic rings. The first-order valence-corrected chi connectivity index (χ1v) is 6.79. The van der Waals surface area contributed by atoms with Crippen molar-refractivity contribution in [3.8, 4) is 0 Å². The fraction of sp³-hybridized carbons (Fsp3) is 0.357. The molecule has 1 aromatic heterocycles. The molecule has 0 aliphatic carbocycles. The second-order valence-corrected chi connectivity index (χ2v) is 5.47. The maximum atomic E-state index is 4.11. The van der Waals surface area contributed by atoms with E-state index in [0.29, 0.717) is 12.0 Å². The minimum absolute atomic E-state index is 0.310. The molecule has 1 heterocycles. The third-order valence-electron chi connectivity index (χ3n) is 2.81. The minimum Gasteiger partial charge on any atom is -0.378 e. The van der Waals surface area contributed by atoms with Crippen molar-refractivity contribution in [2.75, 3.05) is 5.32 Å². The van der Waals surface area contributed by atoms with Crippen molar-refractivity contribution in [1.82, 2.24) is 4.98 Å². The van der Waals surface area contributed by atoms with E-state index < -0.39 is 0 Å². The highest BCUT2D eigenvalue weighted by Crippen LogP contribution is 2.24. The van der Waals surface area contributed by atoms with Gasteiger partial charge in [-0.05, 0) is 30.5 Å². The van der Waals surface area contributed by atoms with Crippen LogP contribution in [0, 0.1) is 0 Å². The van der Waals surface area contributed by atoms with Crippen LogP contribution in [0.3, 0.4) is 0 Å². The van der Waals surface area contributed by atoms with Gasteiger partial charge in [-0.25, -0.2) is 0 Å². The summed E-state index contributed by atoms with van der Waals surface area (Å²) in [6.45, 7) is 6.59. The monoisotopic (exact) mass is 246 g/mol. The Bertz CT molecular complexity index is 463. The molecule has 1 atom stereocenters. The maximum absolute atomic E-state index is 4.11. The van der Waals surface area contributed by atoms with Crippen molar-refractivity contribution in [2.45, 2.75) is 32.7 Å². The zero-order chi connectivity index (χ0) is 12.3. The molecular formula is C14H18N2S. The van der Waals surface area contributed by atoms with Crippen molar-refractivity contribution < 1.29 is 0 Å². The van der Waals surface area contributed by atoms with Crippen LogP contribution in [0.25, 0.3) is 0 Å². The van der Waals surface area contributed by atoms with Crippen LogP contribution >= 0.6 is 11.3 Å². The minimum atomic E-state index is 0.310. The summed E-state index contributed by atoms with van der Waals surface area (Å²) in [6.07, 6.45) is 1.93. The smallest absolute Gasteiger partial charge is 0.0795 e. The number of nitrogens with one attached hydrogen (secondary N) is 1. The van der Waals surface area contributed by atoms with Crippen LogP contribution in [0.4, 0.5) is 5.69 Å². The van der Waals surface area contributed by atoms with Gasteiger partial charge in [0.2, 0.25) is 0 Å². The SMILES string of the molecule is CC(C)c1cccc(NC(C)c2cncs2)c1. The van der Waals surface area contributed by atoms with Gasteiger partial charge < -0.3 is 5.32 Å². The van der Waals surface area contributed by atoms with Gasteiger partial charge in [0.05, 0.1) is 11.6 Å². The molecule has 0 saturated heterocycles. The van der Waals surface area contributed by atoms with Crippen LogP contribution in [-0.4, -0.2) is 4.98 Å². The summed E-state index contributed by atoms with van der Waals surface area (Å²) in [4.78, 5) is 5.37. The zero-order valence-corrected chi connectivity index (χ0v) is 11.3. The fourth-order valence-electron chi connectivity index (χ4n) is 1.75. The highest BCUT2D eigenvalue weighted by Gasteiger charge is 2.07. The number of thiazole rings is 1. The van der Waals surface area contributed by atoms with E-state index in [1.807, 2.05) is 11.7 Å². The third-order valence-corrected chi connectivity index (χ3v) is 3.77. The lowest BCUT2D eigenvalue weighted by atomic mass is 10.0. The first-order chi connectivity index (χ1) is 8.16. The first kappa shape index (κ1) is 12.1. The van der Waals surface area contributed by atoms with Crippen molar-refractivity contribution >= 4 is 17.0 Å². The number of anilines is 1. The molecule has 0 saturated carbocycles. The molecule has 0 radical (unpaired) electrons. The lowest BCUT2D eigenvalue weighted by Gasteiger charge is -2.15. The number of hydrogen-bond acceptors (Lipinski definition) is 3. The van der Waals surface area contributed by atoms with E-state index in [2.05, 4.69) is 55.3 Å². The number of benzene rings is 1. The maximum Gasteiger partial charge on any atom is 0.0795 e. The van der Waals surface area contributed by atoms with E-state index in [1.54, 1.807) is 11.3 Å². The van der Waals surface area contributed by atoms with Crippen LogP contribution < -0.4 is 5.32 Å². The molecule has 0 amide bonds. The molecule has 0 aliphatic heterocycles. The van der Waals surface area contributed by atoms with Crippen LogP contribution in [0.5, 0.6) is 0 Å².